The molecule has 0 bridgehead atoms. The lowest BCUT2D eigenvalue weighted by atomic mass is 9.59. The molecule has 0 atom stereocenters. The Hall–Kier alpha value is -2.79. The number of carbonyl (C=O) groups is 3. The number of nitrogens with zero attached hydrogens (tertiary/aromatic N) is 3. The van der Waals surface area contributed by atoms with Gasteiger partial charge in [0, 0.05) is 6.54 Å². The first kappa shape index (κ1) is 33.6. The summed E-state index contributed by atoms with van der Waals surface area (Å²) in [7, 11) is 1.41. The second-order valence-corrected chi connectivity index (χ2v) is 14.1. The highest BCUT2D eigenvalue weighted by molar-refractivity contribution is 6.40. The SMILES string of the molecule is COc1cc(Cl)c(C(=O)CN(CC2CCC3(CCC3)CC2)C(=O)c2cnn([C@H]3CC[C@@](C)(C(=O)O)CC3)c2C(F)(F)F)c(Cl)c1. The monoisotopic (exact) mass is 671 g/mol. The molecule has 1 aromatic heterocycles. The highest BCUT2D eigenvalue weighted by Crippen LogP contribution is 2.53. The van der Waals surface area contributed by atoms with Gasteiger partial charge in [-0.05, 0) is 94.6 Å². The van der Waals surface area contributed by atoms with Gasteiger partial charge in [0.05, 0.1) is 52.5 Å². The van der Waals surface area contributed by atoms with E-state index < -0.39 is 53.1 Å². The molecular weight excluding hydrogens is 634 g/mol. The summed E-state index contributed by atoms with van der Waals surface area (Å²) < 4.78 is 49.9. The largest absolute Gasteiger partial charge is 0.497 e. The van der Waals surface area contributed by atoms with Gasteiger partial charge < -0.3 is 14.7 Å². The number of ketones is 1. The average Bonchev–Trinajstić information content (AvgIpc) is 3.42. The number of benzene rings is 1. The van der Waals surface area contributed by atoms with Gasteiger partial charge in [0.25, 0.3) is 5.91 Å². The molecule has 1 aromatic carbocycles. The van der Waals surface area contributed by atoms with Crippen molar-refractivity contribution in [3.8, 4) is 5.75 Å². The third-order valence-electron chi connectivity index (χ3n) is 10.4. The topological polar surface area (TPSA) is 102 Å². The molecular formula is C32H38Cl2F3N3O5. The van der Waals surface area contributed by atoms with Gasteiger partial charge in [-0.15, -0.1) is 0 Å². The first-order valence-corrected chi connectivity index (χ1v) is 16.2. The summed E-state index contributed by atoms with van der Waals surface area (Å²) >= 11 is 12.7. The van der Waals surface area contributed by atoms with Crippen LogP contribution in [0.25, 0.3) is 0 Å². The van der Waals surface area contributed by atoms with Crippen LogP contribution in [0.15, 0.2) is 18.3 Å². The van der Waals surface area contributed by atoms with Crippen molar-refractivity contribution in [2.45, 2.75) is 89.8 Å². The maximum absolute atomic E-state index is 14.7. The Bertz CT molecular complexity index is 1430. The molecule has 1 heterocycles. The van der Waals surface area contributed by atoms with Crippen LogP contribution in [0.2, 0.25) is 10.0 Å². The third kappa shape index (κ3) is 6.84. The van der Waals surface area contributed by atoms with E-state index in [4.69, 9.17) is 27.9 Å². The minimum Gasteiger partial charge on any atom is -0.497 e. The summed E-state index contributed by atoms with van der Waals surface area (Å²) in [5, 5.41) is 13.6. The van der Waals surface area contributed by atoms with Gasteiger partial charge in [-0.2, -0.15) is 18.3 Å². The fourth-order valence-electron chi connectivity index (χ4n) is 7.31. The molecule has 2 aromatic rings. The van der Waals surface area contributed by atoms with Crippen LogP contribution in [0.3, 0.4) is 0 Å². The number of hydrogen-bond donors (Lipinski definition) is 1. The minimum absolute atomic E-state index is 0.0100. The summed E-state index contributed by atoms with van der Waals surface area (Å²) in [6.45, 7) is 1.17. The van der Waals surface area contributed by atoms with Gasteiger partial charge >= 0.3 is 12.1 Å². The van der Waals surface area contributed by atoms with Crippen molar-refractivity contribution in [2.75, 3.05) is 20.2 Å². The van der Waals surface area contributed by atoms with Crippen molar-refractivity contribution in [3.63, 3.8) is 0 Å². The molecule has 0 unspecified atom stereocenters. The summed E-state index contributed by atoms with van der Waals surface area (Å²) in [5.74, 6) is -2.19. The number of amides is 1. The summed E-state index contributed by atoms with van der Waals surface area (Å²) in [6.07, 6.45) is 3.87. The van der Waals surface area contributed by atoms with E-state index in [9.17, 15) is 32.7 Å². The van der Waals surface area contributed by atoms with Crippen LogP contribution in [0, 0.1) is 16.7 Å². The molecule has 3 fully saturated rings. The van der Waals surface area contributed by atoms with Crippen LogP contribution in [0.1, 0.15) is 110 Å². The van der Waals surface area contributed by atoms with Gasteiger partial charge in [-0.3, -0.25) is 19.1 Å². The van der Waals surface area contributed by atoms with E-state index in [-0.39, 0.29) is 53.8 Å². The zero-order valence-corrected chi connectivity index (χ0v) is 26.9. The Balaban J connectivity index is 1.44. The number of ether oxygens (including phenoxy) is 1. The van der Waals surface area contributed by atoms with Gasteiger partial charge in [-0.25, -0.2) is 0 Å². The Labute approximate surface area is 270 Å². The lowest BCUT2D eigenvalue weighted by Crippen LogP contribution is -2.42. The summed E-state index contributed by atoms with van der Waals surface area (Å²) in [4.78, 5) is 40.5. The van der Waals surface area contributed by atoms with Gasteiger partial charge in [0.2, 0.25) is 0 Å². The fourth-order valence-corrected chi connectivity index (χ4v) is 7.99. The molecule has 3 aliphatic carbocycles. The number of Topliss-reactive ketones (excluding diaryl/α,β-unsaturated/α-hetero) is 1. The molecule has 1 amide bonds. The molecule has 8 nitrogen and oxygen atoms in total. The third-order valence-corrected chi connectivity index (χ3v) is 11.0. The second-order valence-electron chi connectivity index (χ2n) is 13.3. The molecule has 0 aliphatic heterocycles. The Morgan fingerprint density at radius 1 is 1.04 bits per heavy atom. The number of rotatable bonds is 9. The standard InChI is InChI=1S/C32H38Cl2F3N3O5/c1-30(29(43)44)10-6-20(7-11-30)40-27(32(35,36)37)22(16-38-40)28(42)39(17-19-4-12-31(13-5-19)8-3-9-31)18-25(41)26-23(33)14-21(45-2)15-24(26)34/h14-16,19-20H,3-13,17-18H2,1-2H3,(H,43,44)/t20-,30+. The van der Waals surface area contributed by atoms with E-state index in [0.717, 1.165) is 36.6 Å². The number of carboxylic acid groups (broad SMARTS) is 1. The van der Waals surface area contributed by atoms with E-state index in [1.807, 2.05) is 0 Å². The number of alkyl halides is 3. The molecule has 13 heteroatoms. The maximum Gasteiger partial charge on any atom is 0.433 e. The number of methoxy groups -OCH3 is 1. The first-order valence-electron chi connectivity index (χ1n) is 15.4. The first-order chi connectivity index (χ1) is 21.2. The van der Waals surface area contributed by atoms with Crippen LogP contribution >= 0.6 is 23.2 Å². The van der Waals surface area contributed by atoms with E-state index in [1.165, 1.54) is 43.4 Å². The molecule has 246 valence electrons. The van der Waals surface area contributed by atoms with Crippen LogP contribution in [-0.2, 0) is 11.0 Å². The lowest BCUT2D eigenvalue weighted by molar-refractivity contribution is -0.152. The molecule has 5 rings (SSSR count). The van der Waals surface area contributed by atoms with Crippen molar-refractivity contribution in [2.24, 2.45) is 16.7 Å². The fraction of sp³-hybridized carbons (Fsp3) is 0.625. The number of carboxylic acids is 1. The maximum atomic E-state index is 14.7. The van der Waals surface area contributed by atoms with Crippen molar-refractivity contribution in [1.82, 2.24) is 14.7 Å². The quantitative estimate of drug-likeness (QED) is 0.270. The van der Waals surface area contributed by atoms with Crippen molar-refractivity contribution < 1.29 is 37.4 Å². The molecule has 0 radical (unpaired) electrons. The van der Waals surface area contributed by atoms with E-state index in [0.29, 0.717) is 11.2 Å². The van der Waals surface area contributed by atoms with Crippen LogP contribution in [0.5, 0.6) is 5.75 Å². The predicted octanol–water partition coefficient (Wildman–Crippen LogP) is 8.11. The van der Waals surface area contributed by atoms with Gasteiger partial charge in [0.1, 0.15) is 5.75 Å². The number of aliphatic carboxylic acids is 1. The van der Waals surface area contributed by atoms with E-state index in [1.54, 1.807) is 6.92 Å². The van der Waals surface area contributed by atoms with Crippen LogP contribution < -0.4 is 4.74 Å². The van der Waals surface area contributed by atoms with Crippen LogP contribution in [0.4, 0.5) is 13.2 Å². The van der Waals surface area contributed by atoms with Gasteiger partial charge in [0.15, 0.2) is 11.5 Å². The summed E-state index contributed by atoms with van der Waals surface area (Å²) in [5.41, 5.74) is -2.55. The predicted molar refractivity (Wildman–Crippen MR) is 162 cm³/mol. The molecule has 0 saturated heterocycles. The van der Waals surface area contributed by atoms with E-state index in [2.05, 4.69) is 5.10 Å². The molecule has 1 N–H and O–H groups in total. The van der Waals surface area contributed by atoms with Crippen LogP contribution in [-0.4, -0.2) is 57.6 Å². The van der Waals surface area contributed by atoms with Crippen molar-refractivity contribution in [1.29, 1.82) is 0 Å². The zero-order valence-electron chi connectivity index (χ0n) is 25.4. The Morgan fingerprint density at radius 2 is 1.64 bits per heavy atom. The summed E-state index contributed by atoms with van der Waals surface area (Å²) in [6, 6.07) is 2.11. The Kier molecular flexibility index (Phi) is 9.53. The molecule has 45 heavy (non-hydrogen) atoms. The number of hydrogen-bond acceptors (Lipinski definition) is 5. The number of halogens is 5. The second kappa shape index (κ2) is 12.8. The highest BCUT2D eigenvalue weighted by atomic mass is 35.5. The molecule has 3 aliphatic rings. The Morgan fingerprint density at radius 3 is 2.13 bits per heavy atom. The smallest absolute Gasteiger partial charge is 0.433 e. The van der Waals surface area contributed by atoms with Crippen molar-refractivity contribution >= 4 is 40.9 Å². The molecule has 3 saturated carbocycles. The minimum atomic E-state index is -4.92. The lowest BCUT2D eigenvalue weighted by Gasteiger charge is -2.47. The normalized spacial score (nSPS) is 23.4. The number of aromatic nitrogens is 2. The highest BCUT2D eigenvalue weighted by Gasteiger charge is 2.46. The molecule has 1 spiro atoms. The average molecular weight is 673 g/mol. The van der Waals surface area contributed by atoms with Gasteiger partial charge in [-0.1, -0.05) is 29.6 Å². The van der Waals surface area contributed by atoms with Crippen molar-refractivity contribution in [3.05, 3.63) is 45.2 Å². The zero-order chi connectivity index (χ0) is 32.7. The number of carbonyl (C=O) groups excluding carboxylic acids is 2. The van der Waals surface area contributed by atoms with E-state index >= 15 is 0 Å².